The summed E-state index contributed by atoms with van der Waals surface area (Å²) >= 11 is 1.34. The van der Waals surface area contributed by atoms with Crippen molar-refractivity contribution in [3.63, 3.8) is 0 Å². The smallest absolute Gasteiger partial charge is 0.412 e. The van der Waals surface area contributed by atoms with E-state index in [1.54, 1.807) is 35.2 Å². The molecule has 0 spiro atoms. The monoisotopic (exact) mass is 627 g/mol. The van der Waals surface area contributed by atoms with Crippen LogP contribution in [0.3, 0.4) is 0 Å². The molecule has 3 heterocycles. The van der Waals surface area contributed by atoms with Gasteiger partial charge in [-0.1, -0.05) is 18.2 Å². The molecule has 2 aliphatic heterocycles. The number of sulfonamides is 1. The van der Waals surface area contributed by atoms with Crippen LogP contribution in [-0.4, -0.2) is 92.2 Å². The van der Waals surface area contributed by atoms with Crippen LogP contribution in [0.1, 0.15) is 39.3 Å². The van der Waals surface area contributed by atoms with E-state index in [9.17, 15) is 22.8 Å². The van der Waals surface area contributed by atoms with E-state index >= 15 is 0 Å². The number of nitrogens with zero attached hydrogens (tertiary/aromatic N) is 3. The van der Waals surface area contributed by atoms with Crippen LogP contribution < -0.4 is 16.0 Å². The Morgan fingerprint density at radius 2 is 1.91 bits per heavy atom. The van der Waals surface area contributed by atoms with Crippen molar-refractivity contribution in [2.24, 2.45) is 0 Å². The Morgan fingerprint density at radius 3 is 2.65 bits per heavy atom. The number of carbonyl (C=O) groups is 3. The predicted octanol–water partition coefficient (Wildman–Crippen LogP) is 1.66. The lowest BCUT2D eigenvalue weighted by Crippen LogP contribution is -2.57. The quantitative estimate of drug-likeness (QED) is 0.236. The minimum absolute atomic E-state index is 0.0431. The molecule has 2 unspecified atom stereocenters. The Kier molecular flexibility index (Phi) is 8.78. The van der Waals surface area contributed by atoms with Crippen molar-refractivity contribution in [2.45, 2.75) is 43.3 Å². The van der Waals surface area contributed by atoms with Crippen molar-refractivity contribution in [1.82, 2.24) is 30.1 Å². The molecular weight excluding hydrogens is 594 g/mol. The largest absolute Gasteiger partial charge is 0.453 e. The number of ether oxygens (including phenoxy) is 1. The molecule has 228 valence electrons. The molecule has 2 aliphatic rings. The number of piperazine rings is 1. The van der Waals surface area contributed by atoms with Gasteiger partial charge in [0.05, 0.1) is 23.7 Å². The lowest BCUT2D eigenvalue weighted by molar-refractivity contribution is -0.121. The minimum Gasteiger partial charge on any atom is -0.453 e. The number of fused-ring (bicyclic) bond motifs is 2. The molecule has 1 fully saturated rings. The number of amides is 3. The first-order chi connectivity index (χ1) is 20.5. The van der Waals surface area contributed by atoms with Crippen molar-refractivity contribution < 1.29 is 27.5 Å². The number of nitrogens with one attached hydrogen (secondary N) is 4. The zero-order valence-corrected chi connectivity index (χ0v) is 25.6. The third-order valence-corrected chi connectivity index (χ3v) is 10.6. The van der Waals surface area contributed by atoms with E-state index in [2.05, 4.69) is 32.6 Å². The van der Waals surface area contributed by atoms with Gasteiger partial charge < -0.3 is 20.3 Å². The Balaban J connectivity index is 1.36. The fourth-order valence-corrected chi connectivity index (χ4v) is 7.74. The highest BCUT2D eigenvalue weighted by atomic mass is 32.2. The molecule has 0 bridgehead atoms. The average Bonchev–Trinajstić information content (AvgIpc) is 3.43. The number of amidine groups is 1. The van der Waals surface area contributed by atoms with Gasteiger partial charge in [-0.15, -0.1) is 11.3 Å². The van der Waals surface area contributed by atoms with Crippen molar-refractivity contribution in [1.29, 1.82) is 5.41 Å². The van der Waals surface area contributed by atoms with Crippen molar-refractivity contribution in [3.05, 3.63) is 57.5 Å². The zero-order valence-electron chi connectivity index (χ0n) is 24.0. The number of hydrogen-bond acceptors (Lipinski definition) is 10. The number of benzene rings is 2. The van der Waals surface area contributed by atoms with E-state index in [-0.39, 0.29) is 54.6 Å². The first-order valence-corrected chi connectivity index (χ1v) is 16.0. The molecule has 43 heavy (non-hydrogen) atoms. The fraction of sp³-hybridized carbons (Fsp3) is 0.393. The lowest BCUT2D eigenvalue weighted by Gasteiger charge is -2.40. The van der Waals surface area contributed by atoms with Crippen LogP contribution in [0, 0.1) is 5.41 Å². The molecule has 4 N–H and O–H groups in total. The summed E-state index contributed by atoms with van der Waals surface area (Å²) in [4.78, 5) is 44.8. The SMILES string of the molecule is CNC(=O)CC1CN(S(=O)(=O)c2ccc3cc(C(=N)NC(=O)OC)ccc3c2)CCN1C(=O)c1nc2c(s1)CNC(C)C2. The third kappa shape index (κ3) is 6.39. The van der Waals surface area contributed by atoms with Gasteiger partial charge in [0.25, 0.3) is 5.91 Å². The van der Waals surface area contributed by atoms with Gasteiger partial charge in [-0.05, 0) is 35.9 Å². The van der Waals surface area contributed by atoms with Crippen LogP contribution in [0.15, 0.2) is 41.3 Å². The third-order valence-electron chi connectivity index (χ3n) is 7.63. The summed E-state index contributed by atoms with van der Waals surface area (Å²) in [6.45, 7) is 2.85. The van der Waals surface area contributed by atoms with Crippen LogP contribution >= 0.6 is 11.3 Å². The molecule has 0 radical (unpaired) electrons. The van der Waals surface area contributed by atoms with Gasteiger partial charge >= 0.3 is 6.09 Å². The molecule has 3 aromatic rings. The Bertz CT molecular complexity index is 1710. The zero-order chi connectivity index (χ0) is 30.9. The Hall–Kier alpha value is -3.92. The average molecular weight is 628 g/mol. The molecule has 0 saturated carbocycles. The molecule has 3 amide bonds. The summed E-state index contributed by atoms with van der Waals surface area (Å²) in [5.41, 5.74) is 1.34. The number of hydrogen-bond donors (Lipinski definition) is 4. The number of rotatable bonds is 6. The second-order valence-corrected chi connectivity index (χ2v) is 13.5. The minimum atomic E-state index is -3.97. The van der Waals surface area contributed by atoms with Gasteiger partial charge in [0.2, 0.25) is 15.9 Å². The maximum Gasteiger partial charge on any atom is 0.412 e. The van der Waals surface area contributed by atoms with E-state index < -0.39 is 22.2 Å². The maximum atomic E-state index is 13.8. The number of alkyl carbamates (subject to hydrolysis) is 1. The summed E-state index contributed by atoms with van der Waals surface area (Å²) in [6.07, 6.45) is -0.0858. The molecule has 1 saturated heterocycles. The second-order valence-electron chi connectivity index (χ2n) is 10.5. The molecule has 2 atom stereocenters. The molecule has 0 aliphatic carbocycles. The molecule has 13 nitrogen and oxygen atoms in total. The summed E-state index contributed by atoms with van der Waals surface area (Å²) in [5.74, 6) is -0.747. The topological polar surface area (TPSA) is 174 Å². The standard InChI is InChI=1S/C28H33N7O6S2/c1-16-10-22-23(14-31-16)42-26(32-22)27(37)35-9-8-34(15-20(35)13-24(36)30-2)43(39,40)21-7-6-17-11-19(5-4-18(17)12-21)25(29)33-28(38)41-3/h4-7,11-12,16,20,31H,8-10,13-15H2,1-3H3,(H,30,36)(H2,29,33,38). The van der Waals surface area contributed by atoms with Gasteiger partial charge in [-0.3, -0.25) is 20.3 Å². The summed E-state index contributed by atoms with van der Waals surface area (Å²) in [5, 5.41) is 18.0. The number of aromatic nitrogens is 1. The predicted molar refractivity (Wildman–Crippen MR) is 161 cm³/mol. The summed E-state index contributed by atoms with van der Waals surface area (Å²) < 4.78 is 33.4. The highest BCUT2D eigenvalue weighted by Gasteiger charge is 2.38. The van der Waals surface area contributed by atoms with Crippen LogP contribution in [0.5, 0.6) is 0 Å². The maximum absolute atomic E-state index is 13.8. The number of methoxy groups -OCH3 is 1. The van der Waals surface area contributed by atoms with E-state index in [0.717, 1.165) is 17.0 Å². The normalized spacial score (nSPS) is 19.0. The van der Waals surface area contributed by atoms with Crippen LogP contribution in [0.2, 0.25) is 0 Å². The van der Waals surface area contributed by atoms with E-state index in [1.165, 1.54) is 35.9 Å². The fourth-order valence-electron chi connectivity index (χ4n) is 5.24. The van der Waals surface area contributed by atoms with Gasteiger partial charge in [0.15, 0.2) is 5.01 Å². The molecule has 1 aromatic heterocycles. The van der Waals surface area contributed by atoms with E-state index in [0.29, 0.717) is 27.9 Å². The first kappa shape index (κ1) is 30.5. The number of carbonyl (C=O) groups excluding carboxylic acids is 3. The van der Waals surface area contributed by atoms with Crippen LogP contribution in [-0.2, 0) is 32.5 Å². The van der Waals surface area contributed by atoms with Gasteiger partial charge in [-0.25, -0.2) is 18.2 Å². The second kappa shape index (κ2) is 12.4. The van der Waals surface area contributed by atoms with Gasteiger partial charge in [-0.2, -0.15) is 4.31 Å². The Labute approximate surface area is 253 Å². The molecule has 5 rings (SSSR count). The molecule has 2 aromatic carbocycles. The van der Waals surface area contributed by atoms with Crippen LogP contribution in [0.25, 0.3) is 10.8 Å². The van der Waals surface area contributed by atoms with Crippen LogP contribution in [0.4, 0.5) is 4.79 Å². The Morgan fingerprint density at radius 1 is 1.16 bits per heavy atom. The molecule has 15 heteroatoms. The molecular formula is C28H33N7O6S2. The summed E-state index contributed by atoms with van der Waals surface area (Å²) in [6, 6.07) is 9.21. The van der Waals surface area contributed by atoms with Crippen molar-refractivity contribution >= 4 is 55.9 Å². The van der Waals surface area contributed by atoms with Crippen molar-refractivity contribution in [2.75, 3.05) is 33.8 Å². The lowest BCUT2D eigenvalue weighted by atomic mass is 10.1. The van der Waals surface area contributed by atoms with E-state index in [4.69, 9.17) is 5.41 Å². The van der Waals surface area contributed by atoms with E-state index in [1.807, 2.05) is 0 Å². The highest BCUT2D eigenvalue weighted by Crippen LogP contribution is 2.29. The van der Waals surface area contributed by atoms with Gasteiger partial charge in [0, 0.05) is 62.6 Å². The van der Waals surface area contributed by atoms with Gasteiger partial charge in [0.1, 0.15) is 5.84 Å². The number of thiazole rings is 1. The summed E-state index contributed by atoms with van der Waals surface area (Å²) in [7, 11) is -1.26. The highest BCUT2D eigenvalue weighted by molar-refractivity contribution is 7.89. The van der Waals surface area contributed by atoms with Crippen molar-refractivity contribution in [3.8, 4) is 0 Å². The first-order valence-electron chi connectivity index (χ1n) is 13.7.